The fraction of sp³-hybridized carbons (Fsp3) is 0.500. The van der Waals surface area contributed by atoms with Crippen molar-refractivity contribution in [3.8, 4) is 5.75 Å². The molecule has 3 N–H and O–H groups in total. The monoisotopic (exact) mass is 248 g/mol. The average Bonchev–Trinajstić information content (AvgIpc) is 2.37. The van der Waals surface area contributed by atoms with Crippen LogP contribution >= 0.6 is 0 Å². The largest absolute Gasteiger partial charge is 0.481 e. The Kier molecular flexibility index (Phi) is 3.87. The molecule has 0 spiro atoms. The highest BCUT2D eigenvalue weighted by Gasteiger charge is 2.20. The standard InChI is InChI=1S/C14H20N2O2/c1-9(14(15)17)18-11-7-6-10-4-3-5-13(16-2)12(10)8-11/h6-9,13,16H,3-5H2,1-2H3,(H2,15,17). The van der Waals surface area contributed by atoms with E-state index in [4.69, 9.17) is 10.5 Å². The molecule has 1 aliphatic carbocycles. The summed E-state index contributed by atoms with van der Waals surface area (Å²) in [5.74, 6) is 0.264. The summed E-state index contributed by atoms with van der Waals surface area (Å²) in [4.78, 5) is 11.0. The van der Waals surface area contributed by atoms with E-state index in [9.17, 15) is 4.79 Å². The molecule has 2 unspecified atom stereocenters. The summed E-state index contributed by atoms with van der Waals surface area (Å²) in [5, 5.41) is 3.32. The Morgan fingerprint density at radius 2 is 2.33 bits per heavy atom. The fourth-order valence-electron chi connectivity index (χ4n) is 2.41. The lowest BCUT2D eigenvalue weighted by molar-refractivity contribution is -0.123. The van der Waals surface area contributed by atoms with Gasteiger partial charge in [-0.2, -0.15) is 0 Å². The van der Waals surface area contributed by atoms with E-state index in [0.29, 0.717) is 11.8 Å². The highest BCUT2D eigenvalue weighted by Crippen LogP contribution is 2.32. The predicted molar refractivity (Wildman–Crippen MR) is 70.5 cm³/mol. The third-order valence-corrected chi connectivity index (χ3v) is 3.49. The number of ether oxygens (including phenoxy) is 1. The molecule has 4 heteroatoms. The smallest absolute Gasteiger partial charge is 0.258 e. The van der Waals surface area contributed by atoms with Gasteiger partial charge in [0.1, 0.15) is 5.75 Å². The van der Waals surface area contributed by atoms with Crippen molar-refractivity contribution >= 4 is 5.91 Å². The number of rotatable bonds is 4. The quantitative estimate of drug-likeness (QED) is 0.849. The fourth-order valence-corrected chi connectivity index (χ4v) is 2.41. The number of nitrogens with two attached hydrogens (primary N) is 1. The van der Waals surface area contributed by atoms with Gasteiger partial charge in [0.2, 0.25) is 0 Å². The maximum Gasteiger partial charge on any atom is 0.258 e. The van der Waals surface area contributed by atoms with E-state index in [2.05, 4.69) is 11.4 Å². The molecule has 0 heterocycles. The number of benzene rings is 1. The molecule has 0 radical (unpaired) electrons. The van der Waals surface area contributed by atoms with Crippen LogP contribution in [0.15, 0.2) is 18.2 Å². The zero-order valence-corrected chi connectivity index (χ0v) is 10.9. The van der Waals surface area contributed by atoms with Crippen LogP contribution in [0.4, 0.5) is 0 Å². The zero-order chi connectivity index (χ0) is 13.1. The summed E-state index contributed by atoms with van der Waals surface area (Å²) >= 11 is 0. The minimum Gasteiger partial charge on any atom is -0.481 e. The lowest BCUT2D eigenvalue weighted by Gasteiger charge is -2.26. The van der Waals surface area contributed by atoms with E-state index in [1.807, 2.05) is 19.2 Å². The van der Waals surface area contributed by atoms with Gasteiger partial charge in [-0.05, 0) is 56.5 Å². The summed E-state index contributed by atoms with van der Waals surface area (Å²) in [6.45, 7) is 1.66. The number of amides is 1. The molecule has 2 rings (SSSR count). The van der Waals surface area contributed by atoms with Gasteiger partial charge in [-0.3, -0.25) is 4.79 Å². The van der Waals surface area contributed by atoms with Crippen molar-refractivity contribution in [3.63, 3.8) is 0 Å². The van der Waals surface area contributed by atoms with Gasteiger partial charge >= 0.3 is 0 Å². The Hall–Kier alpha value is -1.55. The zero-order valence-electron chi connectivity index (χ0n) is 10.9. The Labute approximate surface area is 108 Å². The Bertz CT molecular complexity index is 445. The molecule has 1 aromatic carbocycles. The molecule has 4 nitrogen and oxygen atoms in total. The first-order valence-corrected chi connectivity index (χ1v) is 6.38. The van der Waals surface area contributed by atoms with Crippen molar-refractivity contribution in [2.75, 3.05) is 7.05 Å². The summed E-state index contributed by atoms with van der Waals surface area (Å²) in [6, 6.07) is 6.40. The number of fused-ring (bicyclic) bond motifs is 1. The topological polar surface area (TPSA) is 64.3 Å². The van der Waals surface area contributed by atoms with Crippen molar-refractivity contribution < 1.29 is 9.53 Å². The number of nitrogens with one attached hydrogen (secondary N) is 1. The summed E-state index contributed by atoms with van der Waals surface area (Å²) in [5.41, 5.74) is 7.84. The number of aryl methyl sites for hydroxylation is 1. The Morgan fingerprint density at radius 3 is 3.00 bits per heavy atom. The molecule has 2 atom stereocenters. The first-order chi connectivity index (χ1) is 8.61. The SMILES string of the molecule is CNC1CCCc2ccc(OC(C)C(N)=O)cc21. The molecule has 0 saturated carbocycles. The van der Waals surface area contributed by atoms with Crippen LogP contribution in [0, 0.1) is 0 Å². The van der Waals surface area contributed by atoms with Crippen LogP contribution in [-0.4, -0.2) is 19.1 Å². The number of carbonyl (C=O) groups excluding carboxylic acids is 1. The Morgan fingerprint density at radius 1 is 1.56 bits per heavy atom. The van der Waals surface area contributed by atoms with Gasteiger partial charge in [-0.15, -0.1) is 0 Å². The minimum absolute atomic E-state index is 0.376. The second-order valence-corrected chi connectivity index (χ2v) is 4.76. The van der Waals surface area contributed by atoms with Gasteiger partial charge in [-0.1, -0.05) is 6.07 Å². The first kappa shape index (κ1) is 12.9. The van der Waals surface area contributed by atoms with Crippen molar-refractivity contribution in [2.24, 2.45) is 5.73 Å². The maximum atomic E-state index is 11.0. The minimum atomic E-state index is -0.598. The highest BCUT2D eigenvalue weighted by molar-refractivity contribution is 5.78. The second kappa shape index (κ2) is 5.40. The molecule has 1 amide bonds. The number of hydrogen-bond donors (Lipinski definition) is 2. The molecular formula is C14H20N2O2. The molecule has 1 aromatic rings. The van der Waals surface area contributed by atoms with Crippen LogP contribution in [0.5, 0.6) is 5.75 Å². The van der Waals surface area contributed by atoms with Crippen LogP contribution in [-0.2, 0) is 11.2 Å². The van der Waals surface area contributed by atoms with Gasteiger partial charge in [0.25, 0.3) is 5.91 Å². The van der Waals surface area contributed by atoms with Crippen LogP contribution in [0.25, 0.3) is 0 Å². The molecule has 0 bridgehead atoms. The lowest BCUT2D eigenvalue weighted by Crippen LogP contribution is -2.30. The van der Waals surface area contributed by atoms with Crippen LogP contribution < -0.4 is 15.8 Å². The van der Waals surface area contributed by atoms with E-state index < -0.39 is 12.0 Å². The number of carbonyl (C=O) groups is 1. The van der Waals surface area contributed by atoms with E-state index >= 15 is 0 Å². The molecular weight excluding hydrogens is 228 g/mol. The van der Waals surface area contributed by atoms with Gasteiger partial charge in [0.05, 0.1) is 0 Å². The molecule has 0 aromatic heterocycles. The normalized spacial score (nSPS) is 20.0. The third kappa shape index (κ3) is 2.64. The summed E-state index contributed by atoms with van der Waals surface area (Å²) in [6.07, 6.45) is 2.85. The van der Waals surface area contributed by atoms with Gasteiger partial charge < -0.3 is 15.8 Å². The predicted octanol–water partition coefficient (Wildman–Crippen LogP) is 1.54. The maximum absolute atomic E-state index is 11.0. The number of primary amides is 1. The van der Waals surface area contributed by atoms with Gasteiger partial charge in [-0.25, -0.2) is 0 Å². The first-order valence-electron chi connectivity index (χ1n) is 6.38. The van der Waals surface area contributed by atoms with Crippen LogP contribution in [0.1, 0.15) is 36.9 Å². The van der Waals surface area contributed by atoms with Crippen molar-refractivity contribution in [1.29, 1.82) is 0 Å². The summed E-state index contributed by atoms with van der Waals surface area (Å²) in [7, 11) is 1.97. The average molecular weight is 248 g/mol. The van der Waals surface area contributed by atoms with Crippen molar-refractivity contribution in [2.45, 2.75) is 38.3 Å². The molecule has 0 aliphatic heterocycles. The molecule has 0 saturated heterocycles. The van der Waals surface area contributed by atoms with Crippen LogP contribution in [0.2, 0.25) is 0 Å². The van der Waals surface area contributed by atoms with Crippen molar-refractivity contribution in [1.82, 2.24) is 5.32 Å². The second-order valence-electron chi connectivity index (χ2n) is 4.76. The molecule has 1 aliphatic rings. The lowest BCUT2D eigenvalue weighted by atomic mass is 9.87. The number of hydrogen-bond acceptors (Lipinski definition) is 3. The molecule has 0 fully saturated rings. The Balaban J connectivity index is 2.22. The van der Waals surface area contributed by atoms with Crippen LogP contribution in [0.3, 0.4) is 0 Å². The third-order valence-electron chi connectivity index (χ3n) is 3.49. The summed E-state index contributed by atoms with van der Waals surface area (Å²) < 4.78 is 5.53. The highest BCUT2D eigenvalue weighted by atomic mass is 16.5. The van der Waals surface area contributed by atoms with E-state index in [-0.39, 0.29) is 0 Å². The molecule has 18 heavy (non-hydrogen) atoms. The van der Waals surface area contributed by atoms with E-state index in [0.717, 1.165) is 12.8 Å². The van der Waals surface area contributed by atoms with Crippen molar-refractivity contribution in [3.05, 3.63) is 29.3 Å². The van der Waals surface area contributed by atoms with Gasteiger partial charge in [0, 0.05) is 6.04 Å². The van der Waals surface area contributed by atoms with Gasteiger partial charge in [0.15, 0.2) is 6.10 Å². The van der Waals surface area contributed by atoms with E-state index in [1.165, 1.54) is 17.5 Å². The molecule has 98 valence electrons. The van der Waals surface area contributed by atoms with E-state index in [1.54, 1.807) is 6.92 Å².